The molecule has 0 aliphatic carbocycles. The highest BCUT2D eigenvalue weighted by Crippen LogP contribution is 2.32. The van der Waals surface area contributed by atoms with Crippen LogP contribution in [0.5, 0.6) is 5.75 Å². The summed E-state index contributed by atoms with van der Waals surface area (Å²) in [5.74, 6) is 1.78. The molecule has 2 atom stereocenters. The zero-order valence-corrected chi connectivity index (χ0v) is 21.7. The first kappa shape index (κ1) is 24.8. The smallest absolute Gasteiger partial charge is 0.220 e. The molecule has 0 spiro atoms. The van der Waals surface area contributed by atoms with Crippen molar-refractivity contribution in [2.24, 2.45) is 0 Å². The highest BCUT2D eigenvalue weighted by Gasteiger charge is 2.23. The number of aromatic amines is 1. The molecule has 1 aliphatic rings. The number of amides is 1. The quantitative estimate of drug-likeness (QED) is 0.353. The van der Waals surface area contributed by atoms with Crippen LogP contribution in [-0.2, 0) is 22.5 Å². The van der Waals surface area contributed by atoms with Crippen molar-refractivity contribution in [1.29, 1.82) is 0 Å². The molecule has 1 amide bonds. The Balaban J connectivity index is 1.22. The normalized spacial score (nSPS) is 17.6. The Kier molecular flexibility index (Phi) is 7.42. The number of nitrogens with zero attached hydrogens (tertiary/aromatic N) is 2. The first-order chi connectivity index (χ1) is 18.0. The lowest BCUT2D eigenvalue weighted by Crippen LogP contribution is -2.45. The number of methoxy groups -OCH3 is 1. The van der Waals surface area contributed by atoms with E-state index in [0.29, 0.717) is 19.4 Å². The number of morpholine rings is 1. The van der Waals surface area contributed by atoms with E-state index in [2.05, 4.69) is 46.2 Å². The van der Waals surface area contributed by atoms with Gasteiger partial charge in [0.25, 0.3) is 0 Å². The fourth-order valence-corrected chi connectivity index (χ4v) is 5.06. The third-order valence-electron chi connectivity index (χ3n) is 6.84. The van der Waals surface area contributed by atoms with Crippen molar-refractivity contribution >= 4 is 22.6 Å². The van der Waals surface area contributed by atoms with Gasteiger partial charge in [0.05, 0.1) is 19.3 Å². The van der Waals surface area contributed by atoms with Gasteiger partial charge in [-0.05, 0) is 73.4 Å². The first-order valence-corrected chi connectivity index (χ1v) is 12.9. The summed E-state index contributed by atoms with van der Waals surface area (Å²) < 4.78 is 11.1. The minimum atomic E-state index is 0.0193. The third kappa shape index (κ3) is 5.78. The molecule has 7 nitrogen and oxygen atoms in total. The summed E-state index contributed by atoms with van der Waals surface area (Å²) >= 11 is 0. The SMILES string of the molecule is COc1ccc(-c2[nH]c3ccccc3c2CCC(=O)NCc2ccc(N3CC(C)OC(C)C3)nc2)cc1. The van der Waals surface area contributed by atoms with Crippen LogP contribution in [0.15, 0.2) is 66.9 Å². The van der Waals surface area contributed by atoms with Gasteiger partial charge >= 0.3 is 0 Å². The van der Waals surface area contributed by atoms with Crippen molar-refractivity contribution in [3.63, 3.8) is 0 Å². The van der Waals surface area contributed by atoms with Crippen molar-refractivity contribution in [1.82, 2.24) is 15.3 Å². The number of carbonyl (C=O) groups excluding carboxylic acids is 1. The van der Waals surface area contributed by atoms with Crippen molar-refractivity contribution in [3.8, 4) is 17.0 Å². The van der Waals surface area contributed by atoms with Gasteiger partial charge in [-0.25, -0.2) is 4.98 Å². The summed E-state index contributed by atoms with van der Waals surface area (Å²) in [6.07, 6.45) is 3.27. The van der Waals surface area contributed by atoms with Gasteiger partial charge in [0.15, 0.2) is 0 Å². The Morgan fingerprint density at radius 1 is 1.08 bits per heavy atom. The molecule has 0 bridgehead atoms. The Morgan fingerprint density at radius 3 is 2.54 bits per heavy atom. The maximum absolute atomic E-state index is 12.8. The van der Waals surface area contributed by atoms with Crippen molar-refractivity contribution in [2.75, 3.05) is 25.1 Å². The molecular formula is C30H34N4O3. The van der Waals surface area contributed by atoms with E-state index in [1.165, 1.54) is 0 Å². The number of hydrogen-bond donors (Lipinski definition) is 2. The highest BCUT2D eigenvalue weighted by atomic mass is 16.5. The van der Waals surface area contributed by atoms with Crippen LogP contribution in [0, 0.1) is 0 Å². The van der Waals surface area contributed by atoms with Gasteiger partial charge in [0.2, 0.25) is 5.91 Å². The lowest BCUT2D eigenvalue weighted by molar-refractivity contribution is -0.121. The number of aromatic nitrogens is 2. The van der Waals surface area contributed by atoms with E-state index < -0.39 is 0 Å². The third-order valence-corrected chi connectivity index (χ3v) is 6.84. The Labute approximate surface area is 217 Å². The molecule has 192 valence electrons. The second-order valence-electron chi connectivity index (χ2n) is 9.72. The van der Waals surface area contributed by atoms with E-state index in [9.17, 15) is 4.79 Å². The van der Waals surface area contributed by atoms with E-state index >= 15 is 0 Å². The molecule has 3 heterocycles. The predicted molar refractivity (Wildman–Crippen MR) is 147 cm³/mol. The number of carbonyl (C=O) groups is 1. The zero-order valence-electron chi connectivity index (χ0n) is 21.7. The second kappa shape index (κ2) is 11.0. The van der Waals surface area contributed by atoms with Gasteiger partial charge < -0.3 is 24.7 Å². The molecule has 1 aliphatic heterocycles. The summed E-state index contributed by atoms with van der Waals surface area (Å²) in [6, 6.07) is 20.3. The number of nitrogens with one attached hydrogen (secondary N) is 2. The number of fused-ring (bicyclic) bond motifs is 1. The van der Waals surface area contributed by atoms with Gasteiger partial charge in [-0.2, -0.15) is 0 Å². The van der Waals surface area contributed by atoms with E-state index in [4.69, 9.17) is 9.47 Å². The van der Waals surface area contributed by atoms with Crippen LogP contribution in [0.2, 0.25) is 0 Å². The predicted octanol–water partition coefficient (Wildman–Crippen LogP) is 5.10. The van der Waals surface area contributed by atoms with Crippen LogP contribution in [0.3, 0.4) is 0 Å². The number of aryl methyl sites for hydroxylation is 1. The van der Waals surface area contributed by atoms with Gasteiger partial charge in [-0.3, -0.25) is 4.79 Å². The molecule has 7 heteroatoms. The molecule has 0 radical (unpaired) electrons. The summed E-state index contributed by atoms with van der Waals surface area (Å²) in [6.45, 7) is 6.30. The number of anilines is 1. The number of H-pyrrole nitrogens is 1. The zero-order chi connectivity index (χ0) is 25.8. The van der Waals surface area contributed by atoms with Crippen molar-refractivity contribution < 1.29 is 14.3 Å². The van der Waals surface area contributed by atoms with Gasteiger partial charge in [0.1, 0.15) is 11.6 Å². The van der Waals surface area contributed by atoms with Gasteiger partial charge in [-0.15, -0.1) is 0 Å². The van der Waals surface area contributed by atoms with Crippen LogP contribution in [-0.4, -0.2) is 48.3 Å². The summed E-state index contributed by atoms with van der Waals surface area (Å²) in [7, 11) is 1.66. The number of pyridine rings is 1. The Hall–Kier alpha value is -3.84. The van der Waals surface area contributed by atoms with E-state index in [-0.39, 0.29) is 18.1 Å². The molecule has 1 fully saturated rings. The number of hydrogen-bond acceptors (Lipinski definition) is 5. The largest absolute Gasteiger partial charge is 0.497 e. The Bertz CT molecular complexity index is 1340. The minimum absolute atomic E-state index is 0.0193. The van der Waals surface area contributed by atoms with Crippen molar-refractivity contribution in [3.05, 3.63) is 78.0 Å². The fourth-order valence-electron chi connectivity index (χ4n) is 5.06. The molecule has 2 unspecified atom stereocenters. The molecule has 5 rings (SSSR count). The van der Waals surface area contributed by atoms with Crippen molar-refractivity contribution in [2.45, 2.75) is 45.4 Å². The van der Waals surface area contributed by atoms with Gasteiger partial charge in [-0.1, -0.05) is 24.3 Å². The topological polar surface area (TPSA) is 79.5 Å². The van der Waals surface area contributed by atoms with Crippen LogP contribution in [0.25, 0.3) is 22.2 Å². The van der Waals surface area contributed by atoms with Crippen LogP contribution >= 0.6 is 0 Å². The molecule has 1 saturated heterocycles. The van der Waals surface area contributed by atoms with E-state index in [1.54, 1.807) is 7.11 Å². The standard InChI is InChI=1S/C30H34N4O3/c1-20-18-34(19-21(2)37-20)28-14-8-22(16-31-28)17-32-29(35)15-13-26-25-6-4-5-7-27(25)33-30(26)23-9-11-24(36-3)12-10-23/h4-12,14,16,20-21,33H,13,15,17-19H2,1-3H3,(H,32,35). The first-order valence-electron chi connectivity index (χ1n) is 12.9. The lowest BCUT2D eigenvalue weighted by atomic mass is 10.0. The maximum atomic E-state index is 12.8. The summed E-state index contributed by atoms with van der Waals surface area (Å²) in [5, 5.41) is 4.20. The van der Waals surface area contributed by atoms with Gasteiger partial charge in [0, 0.05) is 48.8 Å². The Morgan fingerprint density at radius 2 is 1.84 bits per heavy atom. The molecule has 37 heavy (non-hydrogen) atoms. The fraction of sp³-hybridized carbons (Fsp3) is 0.333. The highest BCUT2D eigenvalue weighted by molar-refractivity contribution is 5.91. The van der Waals surface area contributed by atoms with Crippen LogP contribution < -0.4 is 15.0 Å². The molecule has 2 aromatic heterocycles. The van der Waals surface area contributed by atoms with Crippen LogP contribution in [0.4, 0.5) is 5.82 Å². The minimum Gasteiger partial charge on any atom is -0.497 e. The molecular weight excluding hydrogens is 464 g/mol. The van der Waals surface area contributed by atoms with E-state index in [0.717, 1.165) is 57.9 Å². The molecule has 4 aromatic rings. The second-order valence-corrected chi connectivity index (χ2v) is 9.72. The monoisotopic (exact) mass is 498 g/mol. The maximum Gasteiger partial charge on any atom is 0.220 e. The summed E-state index contributed by atoms with van der Waals surface area (Å²) in [5.41, 5.74) is 5.32. The number of benzene rings is 2. The van der Waals surface area contributed by atoms with E-state index in [1.807, 2.05) is 54.7 Å². The van der Waals surface area contributed by atoms with Crippen LogP contribution in [0.1, 0.15) is 31.4 Å². The average molecular weight is 499 g/mol. The molecule has 2 N–H and O–H groups in total. The number of rotatable bonds is 8. The average Bonchev–Trinajstić information content (AvgIpc) is 3.29. The number of para-hydroxylation sites is 1. The molecule has 2 aromatic carbocycles. The summed E-state index contributed by atoms with van der Waals surface area (Å²) in [4.78, 5) is 23.2. The lowest BCUT2D eigenvalue weighted by Gasteiger charge is -2.36. The number of ether oxygens (including phenoxy) is 2. The molecule has 0 saturated carbocycles.